The highest BCUT2D eigenvalue weighted by atomic mass is 127. The first-order chi connectivity index (χ1) is 8.50. The minimum absolute atomic E-state index is 0.162. The van der Waals surface area contributed by atoms with E-state index in [1.54, 1.807) is 6.20 Å². The van der Waals surface area contributed by atoms with E-state index in [1.807, 2.05) is 4.68 Å². The van der Waals surface area contributed by atoms with Gasteiger partial charge in [0.15, 0.2) is 0 Å². The molecule has 0 amide bonds. The Morgan fingerprint density at radius 3 is 2.11 bits per heavy atom. The van der Waals surface area contributed by atoms with Gasteiger partial charge < -0.3 is 5.73 Å². The summed E-state index contributed by atoms with van der Waals surface area (Å²) in [6, 6.07) is 8.85. The molecule has 18 heavy (non-hydrogen) atoms. The van der Waals surface area contributed by atoms with Crippen molar-refractivity contribution in [3.8, 4) is 0 Å². The van der Waals surface area contributed by atoms with Gasteiger partial charge in [-0.15, -0.1) is 0 Å². The van der Waals surface area contributed by atoms with Crippen LogP contribution >= 0.6 is 22.6 Å². The average Bonchev–Trinajstić information content (AvgIpc) is 2.69. The highest BCUT2D eigenvalue weighted by Gasteiger charge is 2.13. The number of nitrogens with two attached hydrogens (primary N) is 1. The maximum Gasteiger partial charge on any atom is 0.135 e. The number of nitrogen functional groups attached to an aromatic ring is 1. The van der Waals surface area contributed by atoms with Crippen molar-refractivity contribution in [2.45, 2.75) is 32.7 Å². The normalized spacial score (nSPS) is 12.9. The first-order valence-electron chi connectivity index (χ1n) is 6.09. The van der Waals surface area contributed by atoms with Crippen LogP contribution in [0.1, 0.15) is 43.9 Å². The lowest BCUT2D eigenvalue weighted by Crippen LogP contribution is -2.11. The second kappa shape index (κ2) is 5.30. The van der Waals surface area contributed by atoms with Crippen molar-refractivity contribution in [2.24, 2.45) is 0 Å². The van der Waals surface area contributed by atoms with Crippen LogP contribution in [0.4, 0.5) is 5.82 Å². The summed E-state index contributed by atoms with van der Waals surface area (Å²) in [4.78, 5) is 0. The fourth-order valence-electron chi connectivity index (χ4n) is 1.96. The zero-order valence-corrected chi connectivity index (χ0v) is 13.0. The van der Waals surface area contributed by atoms with Gasteiger partial charge in [-0.2, -0.15) is 5.10 Å². The number of hydrogen-bond acceptors (Lipinski definition) is 2. The van der Waals surface area contributed by atoms with E-state index in [9.17, 15) is 0 Å². The van der Waals surface area contributed by atoms with Crippen LogP contribution < -0.4 is 5.73 Å². The van der Waals surface area contributed by atoms with E-state index in [2.05, 4.69) is 72.7 Å². The molecule has 2 N–H and O–H groups in total. The summed E-state index contributed by atoms with van der Waals surface area (Å²) < 4.78 is 2.87. The van der Waals surface area contributed by atoms with Gasteiger partial charge in [-0.05, 0) is 46.6 Å². The molecule has 1 atom stereocenters. The molecular formula is C14H18IN3. The van der Waals surface area contributed by atoms with E-state index in [-0.39, 0.29) is 6.04 Å². The highest BCUT2D eigenvalue weighted by Crippen LogP contribution is 2.24. The molecule has 96 valence electrons. The number of halogens is 1. The molecule has 1 aromatic heterocycles. The molecule has 0 aliphatic carbocycles. The number of aromatic nitrogens is 2. The van der Waals surface area contributed by atoms with Crippen molar-refractivity contribution in [3.63, 3.8) is 0 Å². The van der Waals surface area contributed by atoms with Gasteiger partial charge in [0, 0.05) is 0 Å². The molecule has 4 heteroatoms. The predicted molar refractivity (Wildman–Crippen MR) is 83.7 cm³/mol. The average molecular weight is 355 g/mol. The molecule has 1 aromatic carbocycles. The summed E-state index contributed by atoms with van der Waals surface area (Å²) in [5.74, 6) is 1.29. The Hall–Kier alpha value is -1.04. The van der Waals surface area contributed by atoms with Crippen molar-refractivity contribution in [3.05, 3.63) is 45.2 Å². The number of anilines is 1. The van der Waals surface area contributed by atoms with Crippen LogP contribution in [0.25, 0.3) is 0 Å². The molecule has 0 radical (unpaired) electrons. The molecule has 0 saturated heterocycles. The van der Waals surface area contributed by atoms with E-state index in [0.29, 0.717) is 5.92 Å². The lowest BCUT2D eigenvalue weighted by atomic mass is 10.00. The number of benzene rings is 1. The quantitative estimate of drug-likeness (QED) is 0.851. The zero-order chi connectivity index (χ0) is 13.3. The van der Waals surface area contributed by atoms with Crippen molar-refractivity contribution in [2.75, 3.05) is 5.73 Å². The molecule has 1 unspecified atom stereocenters. The van der Waals surface area contributed by atoms with Gasteiger partial charge in [0.25, 0.3) is 0 Å². The van der Waals surface area contributed by atoms with Gasteiger partial charge in [0.1, 0.15) is 5.82 Å². The molecule has 0 fully saturated rings. The van der Waals surface area contributed by atoms with Crippen LogP contribution in [0.15, 0.2) is 30.5 Å². The van der Waals surface area contributed by atoms with E-state index in [0.717, 1.165) is 9.39 Å². The molecule has 0 aliphatic heterocycles. The van der Waals surface area contributed by atoms with Crippen LogP contribution in [-0.4, -0.2) is 9.78 Å². The summed E-state index contributed by atoms with van der Waals surface area (Å²) >= 11 is 2.20. The molecule has 0 spiro atoms. The first kappa shape index (κ1) is 13.4. The Morgan fingerprint density at radius 1 is 1.11 bits per heavy atom. The number of rotatable bonds is 3. The zero-order valence-electron chi connectivity index (χ0n) is 10.9. The van der Waals surface area contributed by atoms with E-state index >= 15 is 0 Å². The lowest BCUT2D eigenvalue weighted by Gasteiger charge is -2.15. The van der Waals surface area contributed by atoms with Gasteiger partial charge in [-0.3, -0.25) is 0 Å². The van der Waals surface area contributed by atoms with E-state index in [1.165, 1.54) is 11.1 Å². The summed E-state index contributed by atoms with van der Waals surface area (Å²) in [6.07, 6.45) is 1.80. The molecule has 3 nitrogen and oxygen atoms in total. The van der Waals surface area contributed by atoms with Crippen molar-refractivity contribution < 1.29 is 0 Å². The minimum Gasteiger partial charge on any atom is -0.383 e. The molecule has 0 bridgehead atoms. The summed E-state index contributed by atoms with van der Waals surface area (Å²) in [5, 5.41) is 4.33. The van der Waals surface area contributed by atoms with Gasteiger partial charge in [0.2, 0.25) is 0 Å². The van der Waals surface area contributed by atoms with Gasteiger partial charge >= 0.3 is 0 Å². The summed E-state index contributed by atoms with van der Waals surface area (Å²) in [5.41, 5.74) is 8.59. The fraction of sp³-hybridized carbons (Fsp3) is 0.357. The molecule has 0 aliphatic rings. The van der Waals surface area contributed by atoms with E-state index < -0.39 is 0 Å². The second-order valence-corrected chi connectivity index (χ2v) is 5.98. The largest absolute Gasteiger partial charge is 0.383 e. The van der Waals surface area contributed by atoms with Gasteiger partial charge in [0.05, 0.1) is 15.8 Å². The summed E-state index contributed by atoms with van der Waals surface area (Å²) in [7, 11) is 0. The Morgan fingerprint density at radius 2 is 1.67 bits per heavy atom. The van der Waals surface area contributed by atoms with Crippen LogP contribution in [0.3, 0.4) is 0 Å². The first-order valence-corrected chi connectivity index (χ1v) is 7.17. The monoisotopic (exact) mass is 355 g/mol. The van der Waals surface area contributed by atoms with Crippen molar-refractivity contribution >= 4 is 28.4 Å². The maximum absolute atomic E-state index is 6.01. The maximum atomic E-state index is 6.01. The van der Waals surface area contributed by atoms with Gasteiger partial charge in [-0.25, -0.2) is 4.68 Å². The third-order valence-electron chi connectivity index (χ3n) is 3.24. The standard InChI is InChI=1S/C14H18IN3/c1-9(2)11-4-6-12(7-5-11)10(3)18-14(16)13(15)8-17-18/h4-10H,16H2,1-3H3. The molecular weight excluding hydrogens is 337 g/mol. The lowest BCUT2D eigenvalue weighted by molar-refractivity contribution is 0.572. The SMILES string of the molecule is CC(C)c1ccc(C(C)n2ncc(I)c2N)cc1. The Kier molecular flexibility index (Phi) is 3.94. The van der Waals surface area contributed by atoms with E-state index in [4.69, 9.17) is 5.73 Å². The highest BCUT2D eigenvalue weighted by molar-refractivity contribution is 14.1. The van der Waals surface area contributed by atoms with Crippen LogP contribution in [-0.2, 0) is 0 Å². The Labute approximate surface area is 122 Å². The predicted octanol–water partition coefficient (Wildman–Crippen LogP) is 3.80. The van der Waals surface area contributed by atoms with Crippen LogP contribution in [0.2, 0.25) is 0 Å². The molecule has 2 aromatic rings. The number of nitrogens with zero attached hydrogens (tertiary/aromatic N) is 2. The third-order valence-corrected chi connectivity index (χ3v) is 4.07. The Bertz CT molecular complexity index is 528. The molecule has 2 rings (SSSR count). The minimum atomic E-state index is 0.162. The number of hydrogen-bond donors (Lipinski definition) is 1. The second-order valence-electron chi connectivity index (χ2n) is 4.82. The molecule has 1 heterocycles. The Balaban J connectivity index is 2.29. The van der Waals surface area contributed by atoms with Gasteiger partial charge in [-0.1, -0.05) is 38.1 Å². The smallest absolute Gasteiger partial charge is 0.135 e. The van der Waals surface area contributed by atoms with Crippen molar-refractivity contribution in [1.82, 2.24) is 9.78 Å². The third kappa shape index (κ3) is 2.53. The fourth-order valence-corrected chi connectivity index (χ4v) is 2.33. The topological polar surface area (TPSA) is 43.8 Å². The summed E-state index contributed by atoms with van der Waals surface area (Å²) in [6.45, 7) is 6.52. The van der Waals surface area contributed by atoms with Crippen LogP contribution in [0, 0.1) is 3.57 Å². The van der Waals surface area contributed by atoms with Crippen LogP contribution in [0.5, 0.6) is 0 Å². The van der Waals surface area contributed by atoms with Crippen molar-refractivity contribution in [1.29, 1.82) is 0 Å². The molecule has 0 saturated carbocycles.